The summed E-state index contributed by atoms with van der Waals surface area (Å²) in [6.45, 7) is 0.620. The summed E-state index contributed by atoms with van der Waals surface area (Å²) in [5.74, 6) is -0.295. The third-order valence-electron chi connectivity index (χ3n) is 4.86. The Bertz CT molecular complexity index is 767. The Kier molecular flexibility index (Phi) is 6.45. The normalized spacial score (nSPS) is 16.2. The zero-order valence-corrected chi connectivity index (χ0v) is 15.6. The third kappa shape index (κ3) is 5.18. The van der Waals surface area contributed by atoms with Crippen molar-refractivity contribution < 1.29 is 14.1 Å². The van der Waals surface area contributed by atoms with Gasteiger partial charge in [0.1, 0.15) is 0 Å². The molecular weight excluding hydrogens is 346 g/mol. The van der Waals surface area contributed by atoms with Gasteiger partial charge in [-0.15, -0.1) is 0 Å². The number of carboxylic acid groups (broad SMARTS) is 1. The minimum atomic E-state index is -0.914. The molecular formula is C21H25NO3S. The Morgan fingerprint density at radius 3 is 2.46 bits per heavy atom. The topological polar surface area (TPSA) is 66.4 Å². The van der Waals surface area contributed by atoms with Gasteiger partial charge < -0.3 is 10.4 Å². The molecule has 1 fully saturated rings. The van der Waals surface area contributed by atoms with Gasteiger partial charge in [-0.25, -0.2) is 4.79 Å². The van der Waals surface area contributed by atoms with Gasteiger partial charge in [0, 0.05) is 34.0 Å². The molecule has 0 aromatic heterocycles. The molecule has 2 N–H and O–H groups in total. The molecule has 4 nitrogen and oxygen atoms in total. The molecule has 0 radical (unpaired) electrons. The number of benzene rings is 2. The van der Waals surface area contributed by atoms with Crippen molar-refractivity contribution >= 4 is 22.5 Å². The van der Waals surface area contributed by atoms with Crippen molar-refractivity contribution in [2.45, 2.75) is 49.7 Å². The van der Waals surface area contributed by atoms with Crippen LogP contribution < -0.4 is 5.32 Å². The molecule has 1 aliphatic rings. The van der Waals surface area contributed by atoms with Crippen molar-refractivity contribution in [2.24, 2.45) is 0 Å². The highest BCUT2D eigenvalue weighted by molar-refractivity contribution is 7.84. The van der Waals surface area contributed by atoms with Crippen LogP contribution in [0, 0.1) is 0 Å². The molecule has 0 saturated heterocycles. The maximum atomic E-state index is 12.6. The Balaban J connectivity index is 1.56. The standard InChI is InChI=1S/C21H25NO3S/c23-21(24)18-11-9-16(10-12-18)14-22-19-6-4-5-17(13-19)15-26(25)20-7-2-1-3-8-20/h4-6,9-13,20,22H,1-3,7-8,14-15H2,(H,23,24). The van der Waals surface area contributed by atoms with Gasteiger partial charge in [0.05, 0.1) is 5.56 Å². The lowest BCUT2D eigenvalue weighted by molar-refractivity contribution is 0.0697. The monoisotopic (exact) mass is 371 g/mol. The number of hydrogen-bond donors (Lipinski definition) is 2. The molecule has 1 unspecified atom stereocenters. The van der Waals surface area contributed by atoms with Crippen molar-refractivity contribution in [1.82, 2.24) is 0 Å². The predicted molar refractivity (Wildman–Crippen MR) is 106 cm³/mol. The molecule has 2 aromatic carbocycles. The molecule has 0 aliphatic heterocycles. The number of nitrogens with one attached hydrogen (secondary N) is 1. The van der Waals surface area contributed by atoms with Gasteiger partial charge in [-0.2, -0.15) is 0 Å². The van der Waals surface area contributed by atoms with Crippen molar-refractivity contribution in [3.63, 3.8) is 0 Å². The first-order valence-electron chi connectivity index (χ1n) is 9.14. The van der Waals surface area contributed by atoms with Crippen LogP contribution in [0.4, 0.5) is 5.69 Å². The van der Waals surface area contributed by atoms with Gasteiger partial charge in [0.25, 0.3) is 0 Å². The molecule has 0 spiro atoms. The van der Waals surface area contributed by atoms with E-state index in [0.717, 1.165) is 29.7 Å². The molecule has 138 valence electrons. The van der Waals surface area contributed by atoms with Crippen LogP contribution in [0.15, 0.2) is 48.5 Å². The fourth-order valence-corrected chi connectivity index (χ4v) is 4.95. The number of aromatic carboxylic acids is 1. The second-order valence-corrected chi connectivity index (χ2v) is 8.56. The van der Waals surface area contributed by atoms with Crippen molar-refractivity contribution in [3.05, 3.63) is 65.2 Å². The van der Waals surface area contributed by atoms with E-state index in [1.54, 1.807) is 12.1 Å². The lowest BCUT2D eigenvalue weighted by atomic mass is 10.0. The van der Waals surface area contributed by atoms with E-state index < -0.39 is 16.8 Å². The van der Waals surface area contributed by atoms with Crippen LogP contribution >= 0.6 is 0 Å². The maximum absolute atomic E-state index is 12.6. The number of carboxylic acids is 1. The lowest BCUT2D eigenvalue weighted by Gasteiger charge is -2.21. The molecule has 1 atom stereocenters. The van der Waals surface area contributed by atoms with E-state index in [4.69, 9.17) is 5.11 Å². The van der Waals surface area contributed by atoms with E-state index in [-0.39, 0.29) is 0 Å². The number of hydrogen-bond acceptors (Lipinski definition) is 3. The predicted octanol–water partition coefficient (Wildman–Crippen LogP) is 4.58. The summed E-state index contributed by atoms with van der Waals surface area (Å²) >= 11 is 0. The first-order valence-corrected chi connectivity index (χ1v) is 10.5. The van der Waals surface area contributed by atoms with Crippen LogP contribution in [-0.2, 0) is 23.1 Å². The second-order valence-electron chi connectivity index (χ2n) is 6.84. The number of anilines is 1. The van der Waals surface area contributed by atoms with E-state index in [9.17, 15) is 9.00 Å². The van der Waals surface area contributed by atoms with Crippen LogP contribution in [0.25, 0.3) is 0 Å². The summed E-state index contributed by atoms with van der Waals surface area (Å²) in [7, 11) is -0.796. The van der Waals surface area contributed by atoms with Gasteiger partial charge in [-0.3, -0.25) is 4.21 Å². The Morgan fingerprint density at radius 2 is 1.77 bits per heavy atom. The highest BCUT2D eigenvalue weighted by Gasteiger charge is 2.19. The number of carbonyl (C=O) groups is 1. The SMILES string of the molecule is O=C(O)c1ccc(CNc2cccc(CS(=O)C3CCCCC3)c2)cc1. The zero-order chi connectivity index (χ0) is 18.4. The average Bonchev–Trinajstić information content (AvgIpc) is 2.67. The molecule has 0 heterocycles. The largest absolute Gasteiger partial charge is 0.478 e. The summed E-state index contributed by atoms with van der Waals surface area (Å²) in [6.07, 6.45) is 5.88. The first kappa shape index (κ1) is 18.6. The fraction of sp³-hybridized carbons (Fsp3) is 0.381. The third-order valence-corrected chi connectivity index (χ3v) is 6.69. The maximum Gasteiger partial charge on any atom is 0.335 e. The van der Waals surface area contributed by atoms with Crippen LogP contribution in [0.2, 0.25) is 0 Å². The highest BCUT2D eigenvalue weighted by atomic mass is 32.2. The number of rotatable bonds is 7. The van der Waals surface area contributed by atoms with Gasteiger partial charge in [0.2, 0.25) is 0 Å². The van der Waals surface area contributed by atoms with Crippen molar-refractivity contribution in [2.75, 3.05) is 5.32 Å². The Hall–Kier alpha value is -2.14. The highest BCUT2D eigenvalue weighted by Crippen LogP contribution is 2.24. The summed E-state index contributed by atoms with van der Waals surface area (Å²) in [6, 6.07) is 14.9. The minimum Gasteiger partial charge on any atom is -0.478 e. The lowest BCUT2D eigenvalue weighted by Crippen LogP contribution is -2.19. The van der Waals surface area contributed by atoms with Crippen molar-refractivity contribution in [1.29, 1.82) is 0 Å². The molecule has 0 amide bonds. The van der Waals surface area contributed by atoms with E-state index >= 15 is 0 Å². The first-order chi connectivity index (χ1) is 12.6. The molecule has 5 heteroatoms. The summed E-state index contributed by atoms with van der Waals surface area (Å²) < 4.78 is 12.6. The summed E-state index contributed by atoms with van der Waals surface area (Å²) in [4.78, 5) is 10.9. The summed E-state index contributed by atoms with van der Waals surface area (Å²) in [5.41, 5.74) is 3.40. The average molecular weight is 372 g/mol. The van der Waals surface area contributed by atoms with Gasteiger partial charge in [-0.1, -0.05) is 43.5 Å². The van der Waals surface area contributed by atoms with E-state index in [0.29, 0.717) is 23.1 Å². The van der Waals surface area contributed by atoms with Crippen LogP contribution in [0.3, 0.4) is 0 Å². The summed E-state index contributed by atoms with van der Waals surface area (Å²) in [5, 5.41) is 12.7. The second kappa shape index (κ2) is 8.99. The van der Waals surface area contributed by atoms with Gasteiger partial charge >= 0.3 is 5.97 Å². The molecule has 2 aromatic rings. The molecule has 1 aliphatic carbocycles. The van der Waals surface area contributed by atoms with E-state index in [1.807, 2.05) is 30.3 Å². The van der Waals surface area contributed by atoms with Crippen LogP contribution in [0.1, 0.15) is 53.6 Å². The van der Waals surface area contributed by atoms with Gasteiger partial charge in [0.15, 0.2) is 0 Å². The van der Waals surface area contributed by atoms with Crippen LogP contribution in [-0.4, -0.2) is 20.5 Å². The minimum absolute atomic E-state index is 0.293. The zero-order valence-electron chi connectivity index (χ0n) is 14.8. The Morgan fingerprint density at radius 1 is 1.04 bits per heavy atom. The van der Waals surface area contributed by atoms with E-state index in [1.165, 1.54) is 19.3 Å². The molecule has 26 heavy (non-hydrogen) atoms. The molecule has 1 saturated carbocycles. The fourth-order valence-electron chi connectivity index (χ4n) is 3.35. The molecule has 0 bridgehead atoms. The van der Waals surface area contributed by atoms with Crippen molar-refractivity contribution in [3.8, 4) is 0 Å². The Labute approximate surface area is 157 Å². The molecule has 3 rings (SSSR count). The van der Waals surface area contributed by atoms with Crippen LogP contribution in [0.5, 0.6) is 0 Å². The van der Waals surface area contributed by atoms with Gasteiger partial charge in [-0.05, 0) is 48.2 Å². The smallest absolute Gasteiger partial charge is 0.335 e. The quantitative estimate of drug-likeness (QED) is 0.748. The van der Waals surface area contributed by atoms with E-state index in [2.05, 4.69) is 11.4 Å².